The van der Waals surface area contributed by atoms with Crippen LogP contribution in [0.5, 0.6) is 0 Å². The Balaban J connectivity index is 1.60. The highest BCUT2D eigenvalue weighted by Crippen LogP contribution is 2.18. The molecule has 0 saturated heterocycles. The molecule has 1 heterocycles. The van der Waals surface area contributed by atoms with Crippen LogP contribution < -0.4 is 4.57 Å². The molecule has 0 amide bonds. The summed E-state index contributed by atoms with van der Waals surface area (Å²) in [6.45, 7) is 3.24. The molecule has 28 heavy (non-hydrogen) atoms. The Morgan fingerprint density at radius 3 is 2.04 bits per heavy atom. The first-order chi connectivity index (χ1) is 13.8. The van der Waals surface area contributed by atoms with Crippen molar-refractivity contribution in [3.05, 3.63) is 66.0 Å². The zero-order valence-corrected chi connectivity index (χ0v) is 17.9. The Hall–Kier alpha value is -2.09. The number of para-hydroxylation sites is 2. The molecule has 0 N–H and O–H groups in total. The van der Waals surface area contributed by atoms with Crippen LogP contribution in [0.2, 0.25) is 0 Å². The van der Waals surface area contributed by atoms with E-state index < -0.39 is 0 Å². The van der Waals surface area contributed by atoms with E-state index in [-0.39, 0.29) is 0 Å². The molecule has 0 spiro atoms. The van der Waals surface area contributed by atoms with E-state index in [4.69, 9.17) is 0 Å². The van der Waals surface area contributed by atoms with Crippen LogP contribution in [0.3, 0.4) is 0 Å². The molecule has 3 aromatic rings. The SMILES string of the molecule is CCCCCCCCCCCc1n(Cc2ccccc2)c2ccccc2[n+]1C. The van der Waals surface area contributed by atoms with Crippen molar-refractivity contribution in [3.63, 3.8) is 0 Å². The van der Waals surface area contributed by atoms with Crippen molar-refractivity contribution in [3.8, 4) is 0 Å². The average molecular weight is 378 g/mol. The number of hydrogen-bond acceptors (Lipinski definition) is 0. The summed E-state index contributed by atoms with van der Waals surface area (Å²) in [7, 11) is 2.23. The summed E-state index contributed by atoms with van der Waals surface area (Å²) in [5.41, 5.74) is 4.06. The number of unbranched alkanes of at least 4 members (excludes halogenated alkanes) is 8. The van der Waals surface area contributed by atoms with E-state index in [1.54, 1.807) is 0 Å². The Morgan fingerprint density at radius 2 is 1.32 bits per heavy atom. The van der Waals surface area contributed by atoms with E-state index in [2.05, 4.69) is 77.7 Å². The molecule has 2 nitrogen and oxygen atoms in total. The minimum Gasteiger partial charge on any atom is -0.230 e. The van der Waals surface area contributed by atoms with Gasteiger partial charge in [0, 0.05) is 6.42 Å². The lowest BCUT2D eigenvalue weighted by molar-refractivity contribution is -0.654. The molecule has 1 aromatic heterocycles. The third-order valence-electron chi connectivity index (χ3n) is 5.92. The van der Waals surface area contributed by atoms with Crippen LogP contribution >= 0.6 is 0 Å². The maximum atomic E-state index is 2.52. The molecular weight excluding hydrogens is 340 g/mol. The summed E-state index contributed by atoms with van der Waals surface area (Å²) >= 11 is 0. The van der Waals surface area contributed by atoms with Crippen molar-refractivity contribution in [1.29, 1.82) is 0 Å². The van der Waals surface area contributed by atoms with Gasteiger partial charge >= 0.3 is 0 Å². The van der Waals surface area contributed by atoms with Gasteiger partial charge in [0.2, 0.25) is 0 Å². The Kier molecular flexibility index (Phi) is 8.14. The molecule has 150 valence electrons. The Morgan fingerprint density at radius 1 is 0.714 bits per heavy atom. The molecule has 0 aliphatic rings. The zero-order chi connectivity index (χ0) is 19.6. The summed E-state index contributed by atoms with van der Waals surface area (Å²) in [5.74, 6) is 1.45. The van der Waals surface area contributed by atoms with Gasteiger partial charge < -0.3 is 0 Å². The van der Waals surface area contributed by atoms with E-state index in [1.807, 2.05) is 0 Å². The van der Waals surface area contributed by atoms with Gasteiger partial charge in [-0.1, -0.05) is 101 Å². The average Bonchev–Trinajstić information content (AvgIpc) is 2.99. The molecule has 0 aliphatic carbocycles. The van der Waals surface area contributed by atoms with Gasteiger partial charge in [0.1, 0.15) is 6.54 Å². The van der Waals surface area contributed by atoms with Crippen molar-refractivity contribution in [2.75, 3.05) is 0 Å². The number of hydrogen-bond donors (Lipinski definition) is 0. The van der Waals surface area contributed by atoms with E-state index >= 15 is 0 Å². The fourth-order valence-electron chi connectivity index (χ4n) is 4.27. The van der Waals surface area contributed by atoms with Crippen LogP contribution in [0, 0.1) is 0 Å². The van der Waals surface area contributed by atoms with Crippen LogP contribution in [0.25, 0.3) is 11.0 Å². The fraction of sp³-hybridized carbons (Fsp3) is 0.500. The van der Waals surface area contributed by atoms with Gasteiger partial charge in [0.25, 0.3) is 5.82 Å². The molecule has 3 rings (SSSR count). The highest BCUT2D eigenvalue weighted by Gasteiger charge is 2.21. The first kappa shape index (κ1) is 20.6. The van der Waals surface area contributed by atoms with E-state index in [9.17, 15) is 0 Å². The minimum atomic E-state index is 0.953. The summed E-state index contributed by atoms with van der Waals surface area (Å²) in [5, 5.41) is 0. The van der Waals surface area contributed by atoms with Gasteiger partial charge in [-0.2, -0.15) is 0 Å². The highest BCUT2D eigenvalue weighted by atomic mass is 15.2. The predicted octanol–water partition coefficient (Wildman–Crippen LogP) is 6.59. The number of imidazole rings is 1. The molecule has 0 radical (unpaired) electrons. The quantitative estimate of drug-likeness (QED) is 0.249. The fourth-order valence-corrected chi connectivity index (χ4v) is 4.27. The zero-order valence-electron chi connectivity index (χ0n) is 17.9. The third-order valence-corrected chi connectivity index (χ3v) is 5.92. The van der Waals surface area contributed by atoms with Gasteiger partial charge in [-0.3, -0.25) is 0 Å². The second-order valence-corrected chi connectivity index (χ2v) is 8.11. The van der Waals surface area contributed by atoms with Crippen LogP contribution in [-0.4, -0.2) is 4.57 Å². The number of fused-ring (bicyclic) bond motifs is 1. The lowest BCUT2D eigenvalue weighted by Crippen LogP contribution is -2.33. The first-order valence-corrected chi connectivity index (χ1v) is 11.3. The van der Waals surface area contributed by atoms with Gasteiger partial charge in [0.15, 0.2) is 11.0 Å². The van der Waals surface area contributed by atoms with Crippen molar-refractivity contribution >= 4 is 11.0 Å². The number of aryl methyl sites for hydroxylation is 1. The molecule has 0 aliphatic heterocycles. The van der Waals surface area contributed by atoms with E-state index in [1.165, 1.54) is 80.2 Å². The lowest BCUT2D eigenvalue weighted by Gasteiger charge is -2.05. The van der Waals surface area contributed by atoms with E-state index in [0.717, 1.165) is 13.0 Å². The monoisotopic (exact) mass is 377 g/mol. The molecule has 0 bridgehead atoms. The van der Waals surface area contributed by atoms with Crippen LogP contribution in [0.1, 0.15) is 76.1 Å². The minimum absolute atomic E-state index is 0.953. The number of aromatic nitrogens is 2. The van der Waals surface area contributed by atoms with Crippen molar-refractivity contribution < 1.29 is 4.57 Å². The Bertz CT molecular complexity index is 832. The summed E-state index contributed by atoms with van der Waals surface area (Å²) in [4.78, 5) is 0. The van der Waals surface area contributed by atoms with Crippen molar-refractivity contribution in [2.24, 2.45) is 7.05 Å². The smallest absolute Gasteiger partial charge is 0.230 e. The largest absolute Gasteiger partial charge is 0.257 e. The predicted molar refractivity (Wildman–Crippen MR) is 120 cm³/mol. The first-order valence-electron chi connectivity index (χ1n) is 11.3. The standard InChI is InChI=1S/C26H37N2/c1-3-4-5-6-7-8-9-10-14-21-26-27(2)24-19-15-16-20-25(24)28(26)22-23-17-12-11-13-18-23/h11-13,15-20H,3-10,14,21-22H2,1-2H3/q+1. The second-order valence-electron chi connectivity index (χ2n) is 8.11. The number of benzene rings is 2. The van der Waals surface area contributed by atoms with Crippen LogP contribution in [0.15, 0.2) is 54.6 Å². The van der Waals surface area contributed by atoms with Crippen LogP contribution in [0.4, 0.5) is 0 Å². The third kappa shape index (κ3) is 5.47. The van der Waals surface area contributed by atoms with Crippen molar-refractivity contribution in [2.45, 2.75) is 77.7 Å². The van der Waals surface area contributed by atoms with Crippen LogP contribution in [-0.2, 0) is 20.0 Å². The Labute approximate surface area is 171 Å². The highest BCUT2D eigenvalue weighted by molar-refractivity contribution is 5.72. The lowest BCUT2D eigenvalue weighted by atomic mass is 10.1. The molecule has 2 heteroatoms. The molecule has 2 aromatic carbocycles. The van der Waals surface area contributed by atoms with E-state index in [0.29, 0.717) is 0 Å². The molecular formula is C26H37N2+. The van der Waals surface area contributed by atoms with Crippen molar-refractivity contribution in [1.82, 2.24) is 4.57 Å². The molecule has 0 unspecified atom stereocenters. The summed E-state index contributed by atoms with van der Waals surface area (Å²) in [6, 6.07) is 19.7. The topological polar surface area (TPSA) is 8.81 Å². The maximum Gasteiger partial charge on any atom is 0.257 e. The van der Waals surface area contributed by atoms with Gasteiger partial charge in [0.05, 0.1) is 7.05 Å². The second kappa shape index (κ2) is 11.0. The van der Waals surface area contributed by atoms with Gasteiger partial charge in [-0.15, -0.1) is 0 Å². The molecule has 0 atom stereocenters. The number of nitrogens with zero attached hydrogens (tertiary/aromatic N) is 2. The number of rotatable bonds is 12. The normalized spacial score (nSPS) is 11.4. The maximum absolute atomic E-state index is 2.52. The molecule has 0 fully saturated rings. The van der Waals surface area contributed by atoms with Gasteiger partial charge in [-0.25, -0.2) is 9.13 Å². The molecule has 0 saturated carbocycles. The van der Waals surface area contributed by atoms with Gasteiger partial charge in [-0.05, 0) is 24.1 Å². The summed E-state index contributed by atoms with van der Waals surface area (Å²) < 4.78 is 4.93. The summed E-state index contributed by atoms with van der Waals surface area (Å²) in [6.07, 6.45) is 13.6.